The Balaban J connectivity index is 1.53. The largest absolute Gasteiger partial charge is 0.378 e. The summed E-state index contributed by atoms with van der Waals surface area (Å²) >= 11 is 0. The molecule has 0 aliphatic carbocycles. The number of amides is 1. The molecule has 0 unspecified atom stereocenters. The molecule has 27 heavy (non-hydrogen) atoms. The molecule has 1 N–H and O–H groups in total. The first-order valence-corrected chi connectivity index (χ1v) is 9.69. The average Bonchev–Trinajstić information content (AvgIpc) is 2.64. The van der Waals surface area contributed by atoms with Gasteiger partial charge in [-0.05, 0) is 50.5 Å². The van der Waals surface area contributed by atoms with Gasteiger partial charge in [0.05, 0.1) is 19.6 Å². The van der Waals surface area contributed by atoms with E-state index in [2.05, 4.69) is 79.5 Å². The molecule has 1 fully saturated rings. The molecule has 0 saturated carbocycles. The maximum absolute atomic E-state index is 12.5. The molecule has 0 aromatic heterocycles. The van der Waals surface area contributed by atoms with Crippen LogP contribution in [0.4, 0.5) is 5.69 Å². The number of nitrogens with one attached hydrogen (secondary N) is 1. The van der Waals surface area contributed by atoms with Crippen LogP contribution in [-0.2, 0) is 22.4 Å². The van der Waals surface area contributed by atoms with Gasteiger partial charge >= 0.3 is 0 Å². The zero-order chi connectivity index (χ0) is 19.3. The third kappa shape index (κ3) is 5.83. The minimum Gasteiger partial charge on any atom is -0.378 e. The topological polar surface area (TPSA) is 41.6 Å². The Kier molecular flexibility index (Phi) is 6.17. The Morgan fingerprint density at radius 1 is 1.00 bits per heavy atom. The molecule has 3 rings (SSSR count). The van der Waals surface area contributed by atoms with Crippen LogP contribution in [-0.4, -0.2) is 37.7 Å². The van der Waals surface area contributed by atoms with Crippen LogP contribution in [0.5, 0.6) is 0 Å². The van der Waals surface area contributed by atoms with Gasteiger partial charge in [0.25, 0.3) is 0 Å². The fraction of sp³-hybridized carbons (Fsp3) is 0.435. The third-order valence-electron chi connectivity index (χ3n) is 4.92. The zero-order valence-corrected chi connectivity index (χ0v) is 16.6. The molecule has 0 bridgehead atoms. The van der Waals surface area contributed by atoms with E-state index in [0.29, 0.717) is 6.42 Å². The molecule has 2 aromatic carbocycles. The Labute approximate surface area is 162 Å². The van der Waals surface area contributed by atoms with Crippen LogP contribution < -0.4 is 10.2 Å². The summed E-state index contributed by atoms with van der Waals surface area (Å²) < 4.78 is 5.40. The highest BCUT2D eigenvalue weighted by Gasteiger charge is 2.21. The highest BCUT2D eigenvalue weighted by atomic mass is 16.5. The SMILES string of the molecule is Cc1ccc(CC(C)(C)NC(=O)Cc2ccc(N3CCOCC3)cc2)cc1. The molecule has 4 nitrogen and oxygen atoms in total. The standard InChI is InChI=1S/C23H30N2O2/c1-18-4-6-20(7-5-18)17-23(2,3)24-22(26)16-19-8-10-21(11-9-19)25-12-14-27-15-13-25/h4-11H,12-17H2,1-3H3,(H,24,26). The molecule has 2 aromatic rings. The van der Waals surface area contributed by atoms with Gasteiger partial charge in [-0.15, -0.1) is 0 Å². The number of nitrogens with zero attached hydrogens (tertiary/aromatic N) is 1. The van der Waals surface area contributed by atoms with E-state index < -0.39 is 0 Å². The summed E-state index contributed by atoms with van der Waals surface area (Å²) in [6.45, 7) is 9.64. The number of morpholine rings is 1. The first-order valence-electron chi connectivity index (χ1n) is 9.69. The van der Waals surface area contributed by atoms with Crippen molar-refractivity contribution >= 4 is 11.6 Å². The first-order chi connectivity index (χ1) is 12.9. The predicted molar refractivity (Wildman–Crippen MR) is 110 cm³/mol. The van der Waals surface area contributed by atoms with Crippen LogP contribution in [0.15, 0.2) is 48.5 Å². The first kappa shape index (κ1) is 19.4. The van der Waals surface area contributed by atoms with Crippen molar-refractivity contribution in [1.29, 1.82) is 0 Å². The summed E-state index contributed by atoms with van der Waals surface area (Å²) in [5, 5.41) is 3.18. The summed E-state index contributed by atoms with van der Waals surface area (Å²) in [5.41, 5.74) is 4.44. The third-order valence-corrected chi connectivity index (χ3v) is 4.92. The Hall–Kier alpha value is -2.33. The predicted octanol–water partition coefficient (Wildman–Crippen LogP) is 3.51. The number of rotatable bonds is 6. The maximum atomic E-state index is 12.5. The van der Waals surface area contributed by atoms with Gasteiger partial charge in [-0.1, -0.05) is 42.0 Å². The molecule has 1 heterocycles. The fourth-order valence-corrected chi connectivity index (χ4v) is 3.51. The van der Waals surface area contributed by atoms with Gasteiger partial charge in [-0.25, -0.2) is 0 Å². The Morgan fingerprint density at radius 3 is 2.22 bits per heavy atom. The lowest BCUT2D eigenvalue weighted by Gasteiger charge is -2.29. The highest BCUT2D eigenvalue weighted by Crippen LogP contribution is 2.18. The number of hydrogen-bond donors (Lipinski definition) is 1. The quantitative estimate of drug-likeness (QED) is 0.851. The smallest absolute Gasteiger partial charge is 0.224 e. The van der Waals surface area contributed by atoms with Gasteiger partial charge in [0.1, 0.15) is 0 Å². The van der Waals surface area contributed by atoms with Gasteiger partial charge in [-0.3, -0.25) is 4.79 Å². The molecule has 1 aliphatic heterocycles. The lowest BCUT2D eigenvalue weighted by Crippen LogP contribution is -2.45. The lowest BCUT2D eigenvalue weighted by atomic mass is 9.94. The van der Waals surface area contributed by atoms with E-state index >= 15 is 0 Å². The molecule has 1 amide bonds. The average molecular weight is 367 g/mol. The number of hydrogen-bond acceptors (Lipinski definition) is 3. The van der Waals surface area contributed by atoms with Crippen LogP contribution in [0.1, 0.15) is 30.5 Å². The van der Waals surface area contributed by atoms with E-state index in [-0.39, 0.29) is 11.4 Å². The zero-order valence-electron chi connectivity index (χ0n) is 16.6. The van der Waals surface area contributed by atoms with E-state index in [4.69, 9.17) is 4.74 Å². The van der Waals surface area contributed by atoms with Gasteiger partial charge in [0.15, 0.2) is 0 Å². The monoisotopic (exact) mass is 366 g/mol. The molecular weight excluding hydrogens is 336 g/mol. The minimum absolute atomic E-state index is 0.0613. The van der Waals surface area contributed by atoms with Crippen molar-refractivity contribution in [1.82, 2.24) is 5.32 Å². The van der Waals surface area contributed by atoms with Crippen LogP contribution in [0.2, 0.25) is 0 Å². The number of carbonyl (C=O) groups is 1. The molecule has 144 valence electrons. The number of benzene rings is 2. The number of carbonyl (C=O) groups excluding carboxylic acids is 1. The number of aryl methyl sites for hydroxylation is 1. The van der Waals surface area contributed by atoms with Crippen molar-refractivity contribution in [3.05, 3.63) is 65.2 Å². The van der Waals surface area contributed by atoms with Crippen LogP contribution in [0.3, 0.4) is 0 Å². The summed E-state index contributed by atoms with van der Waals surface area (Å²) in [4.78, 5) is 14.8. The van der Waals surface area contributed by atoms with E-state index in [1.54, 1.807) is 0 Å². The van der Waals surface area contributed by atoms with Crippen LogP contribution >= 0.6 is 0 Å². The van der Waals surface area contributed by atoms with E-state index in [1.165, 1.54) is 16.8 Å². The molecule has 1 aliphatic rings. The maximum Gasteiger partial charge on any atom is 0.224 e. The minimum atomic E-state index is -0.278. The fourth-order valence-electron chi connectivity index (χ4n) is 3.51. The summed E-state index contributed by atoms with van der Waals surface area (Å²) in [7, 11) is 0. The number of ether oxygens (including phenoxy) is 1. The normalized spacial score (nSPS) is 14.9. The van der Waals surface area contributed by atoms with Crippen LogP contribution in [0.25, 0.3) is 0 Å². The molecular formula is C23H30N2O2. The summed E-state index contributed by atoms with van der Waals surface area (Å²) in [5.74, 6) is 0.0613. The summed E-state index contributed by atoms with van der Waals surface area (Å²) in [6.07, 6.45) is 1.22. The molecule has 0 atom stereocenters. The van der Waals surface area contributed by atoms with Crippen molar-refractivity contribution in [2.45, 2.75) is 39.2 Å². The molecule has 4 heteroatoms. The molecule has 0 spiro atoms. The van der Waals surface area contributed by atoms with E-state index in [1.807, 2.05) is 0 Å². The van der Waals surface area contributed by atoms with Crippen molar-refractivity contribution in [2.75, 3.05) is 31.2 Å². The van der Waals surface area contributed by atoms with Gasteiger partial charge in [0.2, 0.25) is 5.91 Å². The van der Waals surface area contributed by atoms with Crippen molar-refractivity contribution < 1.29 is 9.53 Å². The van der Waals surface area contributed by atoms with E-state index in [9.17, 15) is 4.79 Å². The van der Waals surface area contributed by atoms with Crippen LogP contribution in [0, 0.1) is 6.92 Å². The Bertz CT molecular complexity index is 745. The number of anilines is 1. The second kappa shape index (κ2) is 8.57. The van der Waals surface area contributed by atoms with E-state index in [0.717, 1.165) is 38.3 Å². The van der Waals surface area contributed by atoms with Crippen molar-refractivity contribution in [3.63, 3.8) is 0 Å². The van der Waals surface area contributed by atoms with Gasteiger partial charge in [-0.2, -0.15) is 0 Å². The Morgan fingerprint density at radius 2 is 1.59 bits per heavy atom. The molecule has 1 saturated heterocycles. The molecule has 0 radical (unpaired) electrons. The summed E-state index contributed by atoms with van der Waals surface area (Å²) in [6, 6.07) is 16.8. The second-order valence-electron chi connectivity index (χ2n) is 8.04. The van der Waals surface area contributed by atoms with Crippen molar-refractivity contribution in [2.24, 2.45) is 0 Å². The second-order valence-corrected chi connectivity index (χ2v) is 8.04. The van der Waals surface area contributed by atoms with Gasteiger partial charge in [0, 0.05) is 24.3 Å². The van der Waals surface area contributed by atoms with Crippen molar-refractivity contribution in [3.8, 4) is 0 Å². The lowest BCUT2D eigenvalue weighted by molar-refractivity contribution is -0.122. The van der Waals surface area contributed by atoms with Gasteiger partial charge < -0.3 is 15.0 Å². The highest BCUT2D eigenvalue weighted by molar-refractivity contribution is 5.79.